The number of benzene rings is 1. The van der Waals surface area contributed by atoms with Gasteiger partial charge >= 0.3 is 0 Å². The average Bonchev–Trinajstić information content (AvgIpc) is 2.55. The second-order valence-corrected chi connectivity index (χ2v) is 4.57. The molecule has 0 aliphatic carbocycles. The van der Waals surface area contributed by atoms with Gasteiger partial charge in [0.15, 0.2) is 5.03 Å². The molecule has 1 aromatic carbocycles. The van der Waals surface area contributed by atoms with E-state index in [2.05, 4.69) is 0 Å². The van der Waals surface area contributed by atoms with Crippen LogP contribution in [0.1, 0.15) is 0 Å². The third-order valence-electron chi connectivity index (χ3n) is 2.11. The van der Waals surface area contributed by atoms with E-state index < -0.39 is 10.0 Å². The van der Waals surface area contributed by atoms with Crippen LogP contribution in [0.15, 0.2) is 35.4 Å². The van der Waals surface area contributed by atoms with Gasteiger partial charge in [0.05, 0.1) is 5.52 Å². The second kappa shape index (κ2) is 3.25. The van der Waals surface area contributed by atoms with Crippen molar-refractivity contribution in [2.24, 2.45) is 5.14 Å². The molecule has 1 heterocycles. The van der Waals surface area contributed by atoms with Crippen LogP contribution in [-0.2, 0) is 10.0 Å². The van der Waals surface area contributed by atoms with Crippen LogP contribution >= 0.6 is 0 Å². The van der Waals surface area contributed by atoms with Crippen molar-refractivity contribution in [3.05, 3.63) is 30.3 Å². The number of hydrogen-bond acceptors (Lipinski definition) is 3. The predicted molar refractivity (Wildman–Crippen MR) is 55.8 cm³/mol. The molecule has 0 saturated heterocycles. The summed E-state index contributed by atoms with van der Waals surface area (Å²) in [6.07, 6.45) is 0. The minimum Gasteiger partial charge on any atom is -0.416 e. The van der Waals surface area contributed by atoms with Gasteiger partial charge in [-0.3, -0.25) is 0 Å². The summed E-state index contributed by atoms with van der Waals surface area (Å²) in [6.45, 7) is 0. The zero-order valence-electron chi connectivity index (χ0n) is 8.04. The zero-order valence-corrected chi connectivity index (χ0v) is 8.86. The van der Waals surface area contributed by atoms with E-state index >= 15 is 0 Å². The van der Waals surface area contributed by atoms with Crippen molar-refractivity contribution in [1.82, 2.24) is 4.73 Å². The molecule has 0 radical (unpaired) electrons. The van der Waals surface area contributed by atoms with Crippen molar-refractivity contribution in [2.45, 2.75) is 5.03 Å². The molecule has 0 aliphatic rings. The van der Waals surface area contributed by atoms with E-state index in [4.69, 9.17) is 9.98 Å². The minimum atomic E-state index is -3.77. The van der Waals surface area contributed by atoms with E-state index in [1.165, 1.54) is 17.9 Å². The Kier molecular flexibility index (Phi) is 2.17. The van der Waals surface area contributed by atoms with Gasteiger partial charge in [-0.2, -0.15) is 4.73 Å². The maximum atomic E-state index is 11.3. The SMILES string of the molecule is COn1c(S(N)(=O)=O)cc2ccccc21. The fourth-order valence-electron chi connectivity index (χ4n) is 1.49. The Morgan fingerprint density at radius 2 is 2.00 bits per heavy atom. The van der Waals surface area contributed by atoms with Gasteiger partial charge in [-0.25, -0.2) is 13.6 Å². The Morgan fingerprint density at radius 1 is 1.33 bits per heavy atom. The first-order chi connectivity index (χ1) is 7.04. The van der Waals surface area contributed by atoms with Crippen molar-refractivity contribution in [2.75, 3.05) is 7.11 Å². The number of primary sulfonamides is 1. The maximum absolute atomic E-state index is 11.3. The summed E-state index contributed by atoms with van der Waals surface area (Å²) in [5, 5.41) is 5.79. The Balaban J connectivity index is 2.87. The van der Waals surface area contributed by atoms with Crippen molar-refractivity contribution in [1.29, 1.82) is 0 Å². The number of aromatic nitrogens is 1. The van der Waals surface area contributed by atoms with Crippen LogP contribution in [0.4, 0.5) is 0 Å². The quantitative estimate of drug-likeness (QED) is 0.802. The highest BCUT2D eigenvalue weighted by Gasteiger charge is 2.17. The number of fused-ring (bicyclic) bond motifs is 1. The number of sulfonamides is 1. The zero-order chi connectivity index (χ0) is 11.1. The fraction of sp³-hybridized carbons (Fsp3) is 0.111. The smallest absolute Gasteiger partial charge is 0.257 e. The molecule has 0 atom stereocenters. The monoisotopic (exact) mass is 226 g/mol. The van der Waals surface area contributed by atoms with Crippen LogP contribution in [0.2, 0.25) is 0 Å². The van der Waals surface area contributed by atoms with E-state index in [9.17, 15) is 8.42 Å². The molecule has 2 aromatic rings. The minimum absolute atomic E-state index is 0.0498. The molecule has 0 unspecified atom stereocenters. The third kappa shape index (κ3) is 1.57. The third-order valence-corrected chi connectivity index (χ3v) is 2.98. The summed E-state index contributed by atoms with van der Waals surface area (Å²) in [7, 11) is -2.38. The largest absolute Gasteiger partial charge is 0.416 e. The van der Waals surface area contributed by atoms with Gasteiger partial charge in [0.25, 0.3) is 10.0 Å². The molecule has 0 spiro atoms. The summed E-state index contributed by atoms with van der Waals surface area (Å²) >= 11 is 0. The molecular weight excluding hydrogens is 216 g/mol. The lowest BCUT2D eigenvalue weighted by atomic mass is 10.3. The molecule has 80 valence electrons. The Labute approximate surface area is 87.1 Å². The Bertz CT molecular complexity index is 601. The number of para-hydroxylation sites is 1. The lowest BCUT2D eigenvalue weighted by molar-refractivity contribution is 0.157. The lowest BCUT2D eigenvalue weighted by Gasteiger charge is -2.05. The number of nitrogens with two attached hydrogens (primary N) is 1. The normalized spacial score (nSPS) is 11.9. The lowest BCUT2D eigenvalue weighted by Crippen LogP contribution is -2.19. The van der Waals surface area contributed by atoms with Crippen molar-refractivity contribution in [3.63, 3.8) is 0 Å². The molecule has 0 fully saturated rings. The molecule has 15 heavy (non-hydrogen) atoms. The molecule has 0 amide bonds. The van der Waals surface area contributed by atoms with E-state index in [1.807, 2.05) is 6.07 Å². The topological polar surface area (TPSA) is 74.3 Å². The molecule has 0 saturated carbocycles. The van der Waals surface area contributed by atoms with E-state index in [0.29, 0.717) is 5.52 Å². The first kappa shape index (κ1) is 10.0. The summed E-state index contributed by atoms with van der Waals surface area (Å²) in [6, 6.07) is 8.64. The van der Waals surface area contributed by atoms with Gasteiger partial charge in [-0.1, -0.05) is 18.2 Å². The average molecular weight is 226 g/mol. The van der Waals surface area contributed by atoms with Gasteiger partial charge in [0.2, 0.25) is 0 Å². The van der Waals surface area contributed by atoms with Crippen LogP contribution in [0.5, 0.6) is 0 Å². The highest BCUT2D eigenvalue weighted by Crippen LogP contribution is 2.20. The Morgan fingerprint density at radius 3 is 2.60 bits per heavy atom. The summed E-state index contributed by atoms with van der Waals surface area (Å²) in [5.74, 6) is 0. The second-order valence-electron chi connectivity index (χ2n) is 3.06. The molecular formula is C9H10N2O3S. The molecule has 0 bridgehead atoms. The van der Waals surface area contributed by atoms with Crippen LogP contribution in [0.25, 0.3) is 10.9 Å². The van der Waals surface area contributed by atoms with E-state index in [0.717, 1.165) is 5.39 Å². The molecule has 1 aromatic heterocycles. The summed E-state index contributed by atoms with van der Waals surface area (Å²) in [5.41, 5.74) is 0.670. The summed E-state index contributed by atoms with van der Waals surface area (Å²) < 4.78 is 23.7. The number of rotatable bonds is 2. The molecule has 5 nitrogen and oxygen atoms in total. The highest BCUT2D eigenvalue weighted by atomic mass is 32.2. The Hall–Kier alpha value is -1.53. The fourth-order valence-corrected chi connectivity index (χ4v) is 2.19. The van der Waals surface area contributed by atoms with Gasteiger partial charge in [0.1, 0.15) is 7.11 Å². The maximum Gasteiger partial charge on any atom is 0.257 e. The van der Waals surface area contributed by atoms with E-state index in [-0.39, 0.29) is 5.03 Å². The molecule has 0 aliphatic heterocycles. The van der Waals surface area contributed by atoms with E-state index in [1.54, 1.807) is 18.2 Å². The van der Waals surface area contributed by atoms with Gasteiger partial charge in [-0.15, -0.1) is 0 Å². The first-order valence-electron chi connectivity index (χ1n) is 4.22. The number of hydrogen-bond donors (Lipinski definition) is 1. The van der Waals surface area contributed by atoms with Crippen LogP contribution < -0.4 is 9.98 Å². The van der Waals surface area contributed by atoms with Crippen LogP contribution in [0, 0.1) is 0 Å². The van der Waals surface area contributed by atoms with Crippen molar-refractivity contribution < 1.29 is 13.3 Å². The standard InChI is InChI=1S/C9H10N2O3S/c1-14-11-8-5-3-2-4-7(8)6-9(11)15(10,12)13/h2-6H,1H3,(H2,10,12,13). The predicted octanol–water partition coefficient (Wildman–Crippen LogP) is 0.347. The highest BCUT2D eigenvalue weighted by molar-refractivity contribution is 7.89. The van der Waals surface area contributed by atoms with Crippen LogP contribution in [-0.4, -0.2) is 20.3 Å². The molecule has 2 N–H and O–H groups in total. The van der Waals surface area contributed by atoms with Gasteiger partial charge in [-0.05, 0) is 12.1 Å². The molecule has 6 heteroatoms. The first-order valence-corrected chi connectivity index (χ1v) is 5.76. The van der Waals surface area contributed by atoms with Gasteiger partial charge in [0, 0.05) is 5.39 Å². The molecule has 2 rings (SSSR count). The van der Waals surface area contributed by atoms with Gasteiger partial charge < -0.3 is 4.84 Å². The number of nitrogens with zero attached hydrogens (tertiary/aromatic N) is 1. The van der Waals surface area contributed by atoms with Crippen molar-refractivity contribution >= 4 is 20.9 Å². The summed E-state index contributed by atoms with van der Waals surface area (Å²) in [4.78, 5) is 4.98. The van der Waals surface area contributed by atoms with Crippen LogP contribution in [0.3, 0.4) is 0 Å². The van der Waals surface area contributed by atoms with Crippen molar-refractivity contribution in [3.8, 4) is 0 Å².